The molecule has 0 heterocycles. The highest BCUT2D eigenvalue weighted by Crippen LogP contribution is 2.23. The van der Waals surface area contributed by atoms with Crippen LogP contribution in [0.25, 0.3) is 0 Å². The Morgan fingerprint density at radius 1 is 1.80 bits per heavy atom. The summed E-state index contributed by atoms with van der Waals surface area (Å²) in [5, 5.41) is 0. The van der Waals surface area contributed by atoms with Crippen LogP contribution in [0.3, 0.4) is 0 Å². The Labute approximate surface area is 59.7 Å². The number of methoxy groups -OCH3 is 1. The van der Waals surface area contributed by atoms with Gasteiger partial charge in [-0.1, -0.05) is 6.08 Å². The van der Waals surface area contributed by atoms with Gasteiger partial charge < -0.3 is 9.26 Å². The van der Waals surface area contributed by atoms with Crippen molar-refractivity contribution in [2.24, 2.45) is 0 Å². The van der Waals surface area contributed by atoms with Crippen LogP contribution < -0.4 is 0 Å². The molecule has 0 saturated carbocycles. The highest BCUT2D eigenvalue weighted by molar-refractivity contribution is 7.58. The molecular weight excluding hydrogens is 155 g/mol. The Balaban J connectivity index is 3.62. The zero-order valence-corrected chi connectivity index (χ0v) is 6.62. The van der Waals surface area contributed by atoms with Crippen LogP contribution in [0, 0.1) is 0 Å². The van der Waals surface area contributed by atoms with Gasteiger partial charge in [0.25, 0.3) is 8.03 Å². The molecule has 10 heavy (non-hydrogen) atoms. The summed E-state index contributed by atoms with van der Waals surface area (Å²) in [6.45, 7) is 3.42. The van der Waals surface area contributed by atoms with Crippen molar-refractivity contribution in [2.75, 3.05) is 13.7 Å². The van der Waals surface area contributed by atoms with Crippen molar-refractivity contribution in [3.63, 3.8) is 0 Å². The standard InChI is InChI=1S/C5H9O4P/c1-3-4-9-10(7)5(6)8-2/h3,10H,1,4H2,2H3. The van der Waals surface area contributed by atoms with Crippen LogP contribution in [0.15, 0.2) is 12.7 Å². The first kappa shape index (κ1) is 9.40. The lowest BCUT2D eigenvalue weighted by Gasteiger charge is -1.97. The molecule has 0 aliphatic carbocycles. The van der Waals surface area contributed by atoms with Gasteiger partial charge in [0.2, 0.25) is 0 Å². The van der Waals surface area contributed by atoms with Gasteiger partial charge >= 0.3 is 5.71 Å². The van der Waals surface area contributed by atoms with Crippen molar-refractivity contribution in [1.82, 2.24) is 0 Å². The average molecular weight is 164 g/mol. The highest BCUT2D eigenvalue weighted by atomic mass is 31.1. The third-order valence-electron chi connectivity index (χ3n) is 0.684. The number of carbonyl (C=O) groups excluding carboxylic acids is 1. The molecule has 0 amide bonds. The predicted octanol–water partition coefficient (Wildman–Crippen LogP) is 1.43. The van der Waals surface area contributed by atoms with Crippen molar-refractivity contribution in [1.29, 1.82) is 0 Å². The van der Waals surface area contributed by atoms with Crippen molar-refractivity contribution in [3.8, 4) is 0 Å². The van der Waals surface area contributed by atoms with Crippen molar-refractivity contribution < 1.29 is 18.6 Å². The number of hydrogen-bond acceptors (Lipinski definition) is 4. The zero-order valence-electron chi connectivity index (χ0n) is 5.62. The van der Waals surface area contributed by atoms with Gasteiger partial charge in [-0.25, -0.2) is 4.79 Å². The highest BCUT2D eigenvalue weighted by Gasteiger charge is 2.09. The molecule has 0 saturated heterocycles. The first-order valence-corrected chi connectivity index (χ1v) is 3.90. The lowest BCUT2D eigenvalue weighted by molar-refractivity contribution is 0.192. The average Bonchev–Trinajstić information content (AvgIpc) is 1.98. The van der Waals surface area contributed by atoms with Crippen LogP contribution in [0.5, 0.6) is 0 Å². The molecule has 0 spiro atoms. The maximum absolute atomic E-state index is 10.6. The SMILES string of the molecule is C=CCO[PH](=O)C(=O)OC. The molecule has 0 fully saturated rings. The summed E-state index contributed by atoms with van der Waals surface area (Å²) in [4.78, 5) is 10.4. The van der Waals surface area contributed by atoms with Gasteiger partial charge in [0, 0.05) is 0 Å². The van der Waals surface area contributed by atoms with E-state index in [1.807, 2.05) is 0 Å². The fourth-order valence-corrected chi connectivity index (χ4v) is 0.831. The largest absolute Gasteiger partial charge is 0.462 e. The van der Waals surface area contributed by atoms with Gasteiger partial charge in [0.05, 0.1) is 13.7 Å². The first-order valence-electron chi connectivity index (χ1n) is 2.58. The first-order chi connectivity index (χ1) is 4.72. The molecule has 5 heteroatoms. The van der Waals surface area contributed by atoms with E-state index in [9.17, 15) is 9.36 Å². The number of carbonyl (C=O) groups is 1. The minimum atomic E-state index is -2.66. The van der Waals surface area contributed by atoms with Gasteiger partial charge in [0.15, 0.2) is 0 Å². The van der Waals surface area contributed by atoms with Crippen LogP contribution in [0.2, 0.25) is 0 Å². The van der Waals surface area contributed by atoms with Crippen molar-refractivity contribution in [2.45, 2.75) is 0 Å². The fraction of sp³-hybridized carbons (Fsp3) is 0.400. The third-order valence-corrected chi connectivity index (χ3v) is 1.65. The Bertz CT molecular complexity index is 154. The lowest BCUT2D eigenvalue weighted by Crippen LogP contribution is -1.93. The van der Waals surface area contributed by atoms with E-state index < -0.39 is 13.7 Å². The molecule has 4 nitrogen and oxygen atoms in total. The van der Waals surface area contributed by atoms with E-state index in [4.69, 9.17) is 0 Å². The monoisotopic (exact) mass is 164 g/mol. The molecule has 0 aromatic carbocycles. The summed E-state index contributed by atoms with van der Waals surface area (Å²) in [5.74, 6) is 0. The Morgan fingerprint density at radius 2 is 2.40 bits per heavy atom. The van der Waals surface area contributed by atoms with E-state index >= 15 is 0 Å². The van der Waals surface area contributed by atoms with Crippen LogP contribution in [0.1, 0.15) is 0 Å². The van der Waals surface area contributed by atoms with Gasteiger partial charge in [-0.2, -0.15) is 0 Å². The zero-order chi connectivity index (χ0) is 7.98. The van der Waals surface area contributed by atoms with Crippen molar-refractivity contribution >= 4 is 13.7 Å². The molecule has 0 aromatic rings. The van der Waals surface area contributed by atoms with Crippen LogP contribution >= 0.6 is 8.03 Å². The smallest absolute Gasteiger partial charge is 0.388 e. The number of ether oxygens (including phenoxy) is 1. The van der Waals surface area contributed by atoms with Crippen LogP contribution in [-0.2, 0) is 13.8 Å². The van der Waals surface area contributed by atoms with Crippen molar-refractivity contribution in [3.05, 3.63) is 12.7 Å². The molecule has 58 valence electrons. The molecule has 0 bridgehead atoms. The molecule has 0 radical (unpaired) electrons. The quantitative estimate of drug-likeness (QED) is 0.465. The third kappa shape index (κ3) is 3.43. The second-order valence-electron chi connectivity index (χ2n) is 1.38. The Hall–Kier alpha value is -0.600. The van der Waals surface area contributed by atoms with Crippen LogP contribution in [-0.4, -0.2) is 19.4 Å². The van der Waals surface area contributed by atoms with E-state index in [1.54, 1.807) is 0 Å². The van der Waals surface area contributed by atoms with Gasteiger partial charge in [-0.3, -0.25) is 4.57 Å². The molecular formula is C5H9O4P. The molecule has 0 N–H and O–H groups in total. The molecule has 1 atom stereocenters. The second kappa shape index (κ2) is 5.21. The molecule has 1 unspecified atom stereocenters. The minimum Gasteiger partial charge on any atom is -0.462 e. The number of rotatable bonds is 4. The van der Waals surface area contributed by atoms with E-state index in [-0.39, 0.29) is 6.61 Å². The van der Waals surface area contributed by atoms with Gasteiger partial charge in [-0.05, 0) is 0 Å². The summed E-state index contributed by atoms with van der Waals surface area (Å²) >= 11 is 0. The summed E-state index contributed by atoms with van der Waals surface area (Å²) in [5.41, 5.74) is -0.813. The molecule has 0 aliphatic rings. The topological polar surface area (TPSA) is 52.6 Å². The maximum atomic E-state index is 10.6. The van der Waals surface area contributed by atoms with Gasteiger partial charge in [-0.15, -0.1) is 6.58 Å². The van der Waals surface area contributed by atoms with E-state index in [0.717, 1.165) is 7.11 Å². The molecule has 0 rings (SSSR count). The van der Waals surface area contributed by atoms with Crippen LogP contribution in [0.4, 0.5) is 4.79 Å². The summed E-state index contributed by atoms with van der Waals surface area (Å²) < 4.78 is 19.2. The second-order valence-corrected chi connectivity index (χ2v) is 2.65. The normalized spacial score (nSPS) is 12.1. The van der Waals surface area contributed by atoms with E-state index in [0.29, 0.717) is 0 Å². The maximum Gasteiger partial charge on any atom is 0.388 e. The Morgan fingerprint density at radius 3 is 2.80 bits per heavy atom. The summed E-state index contributed by atoms with van der Waals surface area (Å²) in [7, 11) is -1.51. The predicted molar refractivity (Wildman–Crippen MR) is 37.6 cm³/mol. The summed E-state index contributed by atoms with van der Waals surface area (Å²) in [6, 6.07) is 0. The Kier molecular flexibility index (Phi) is 4.89. The lowest BCUT2D eigenvalue weighted by atomic mass is 10.7. The van der Waals surface area contributed by atoms with E-state index in [1.165, 1.54) is 6.08 Å². The van der Waals surface area contributed by atoms with Gasteiger partial charge in [0.1, 0.15) is 0 Å². The minimum absolute atomic E-state index is 0.104. The van der Waals surface area contributed by atoms with E-state index in [2.05, 4.69) is 15.8 Å². The molecule has 0 aromatic heterocycles. The molecule has 0 aliphatic heterocycles. The summed E-state index contributed by atoms with van der Waals surface area (Å²) in [6.07, 6.45) is 1.41. The number of hydrogen-bond donors (Lipinski definition) is 0. The fourth-order valence-electron chi connectivity index (χ4n) is 0.277.